The lowest BCUT2D eigenvalue weighted by atomic mass is 10.0. The molecular formula is C18H13BrO. The van der Waals surface area contributed by atoms with E-state index in [1.807, 2.05) is 6.07 Å². The summed E-state index contributed by atoms with van der Waals surface area (Å²) in [6.45, 7) is 0. The summed E-state index contributed by atoms with van der Waals surface area (Å²) in [7, 11) is 0. The van der Waals surface area contributed by atoms with E-state index in [1.165, 1.54) is 21.7 Å². The maximum atomic E-state index is 5.99. The molecule has 0 amide bonds. The zero-order valence-electron chi connectivity index (χ0n) is 10.9. The summed E-state index contributed by atoms with van der Waals surface area (Å²) >= 11 is 3.61. The Morgan fingerprint density at radius 2 is 1.80 bits per heavy atom. The van der Waals surface area contributed by atoms with Gasteiger partial charge < -0.3 is 4.42 Å². The highest BCUT2D eigenvalue weighted by atomic mass is 79.9. The average Bonchev–Trinajstić information content (AvgIpc) is 2.85. The lowest BCUT2D eigenvalue weighted by Crippen LogP contribution is -2.21. The summed E-state index contributed by atoms with van der Waals surface area (Å²) in [6.07, 6.45) is 6.64. The van der Waals surface area contributed by atoms with Gasteiger partial charge in [-0.25, -0.2) is 0 Å². The van der Waals surface area contributed by atoms with Crippen molar-refractivity contribution in [3.8, 4) is 11.1 Å². The van der Waals surface area contributed by atoms with Crippen LogP contribution in [0.1, 0.15) is 12.8 Å². The molecule has 2 aromatic carbocycles. The van der Waals surface area contributed by atoms with Crippen molar-refractivity contribution >= 4 is 39.1 Å². The number of furan rings is 1. The number of halogens is 1. The third-order valence-corrected chi connectivity index (χ3v) is 4.48. The Balaban J connectivity index is 1.99. The van der Waals surface area contributed by atoms with Gasteiger partial charge in [-0.05, 0) is 48.2 Å². The second-order valence-electron chi connectivity index (χ2n) is 5.06. The van der Waals surface area contributed by atoms with Crippen molar-refractivity contribution in [1.29, 1.82) is 0 Å². The number of fused-ring (bicyclic) bond motifs is 3. The predicted molar refractivity (Wildman–Crippen MR) is 86.8 cm³/mol. The molecular weight excluding hydrogens is 312 g/mol. The van der Waals surface area contributed by atoms with Crippen LogP contribution in [0, 0.1) is 0 Å². The summed E-state index contributed by atoms with van der Waals surface area (Å²) in [5.41, 5.74) is 4.36. The largest absolute Gasteiger partial charge is 0.456 e. The quantitative estimate of drug-likeness (QED) is 0.653. The highest BCUT2D eigenvalue weighted by Crippen LogP contribution is 2.29. The van der Waals surface area contributed by atoms with E-state index in [4.69, 9.17) is 4.42 Å². The second kappa shape index (κ2) is 4.64. The Kier molecular flexibility index (Phi) is 2.78. The summed E-state index contributed by atoms with van der Waals surface area (Å²) < 4.78 is 7.10. The highest BCUT2D eigenvalue weighted by molar-refractivity contribution is 9.10. The normalized spacial score (nSPS) is 13.7. The molecule has 0 radical (unpaired) electrons. The highest BCUT2D eigenvalue weighted by Gasteiger charge is 2.08. The van der Waals surface area contributed by atoms with Gasteiger partial charge in [-0.2, -0.15) is 0 Å². The third kappa shape index (κ3) is 1.83. The van der Waals surface area contributed by atoms with E-state index in [-0.39, 0.29) is 0 Å². The maximum absolute atomic E-state index is 5.99. The van der Waals surface area contributed by atoms with Gasteiger partial charge in [0.25, 0.3) is 0 Å². The van der Waals surface area contributed by atoms with E-state index in [0.717, 1.165) is 28.3 Å². The summed E-state index contributed by atoms with van der Waals surface area (Å²) in [4.78, 5) is 0. The first-order valence-corrected chi connectivity index (χ1v) is 7.60. The molecule has 20 heavy (non-hydrogen) atoms. The van der Waals surface area contributed by atoms with Crippen LogP contribution in [-0.4, -0.2) is 0 Å². The Morgan fingerprint density at radius 3 is 2.70 bits per heavy atom. The molecule has 0 saturated heterocycles. The standard InChI is InChI=1S/C18H13BrO/c19-16-7-3-1-5-13(16)12-9-10-15-14-6-2-4-8-17(14)20-18(15)11-12/h1,3,5-11H,2,4H2. The van der Waals surface area contributed by atoms with Crippen molar-refractivity contribution in [3.05, 3.63) is 57.6 Å². The topological polar surface area (TPSA) is 13.1 Å². The molecule has 1 heterocycles. The first-order chi connectivity index (χ1) is 9.83. The molecule has 1 aliphatic rings. The minimum atomic E-state index is 0.970. The van der Waals surface area contributed by atoms with Crippen LogP contribution in [0.15, 0.2) is 51.4 Å². The SMILES string of the molecule is Brc1ccccc1-c1ccc2c3c(oc2c1)=CCCC=3. The van der Waals surface area contributed by atoms with Gasteiger partial charge >= 0.3 is 0 Å². The van der Waals surface area contributed by atoms with Gasteiger partial charge in [0.15, 0.2) is 0 Å². The van der Waals surface area contributed by atoms with Gasteiger partial charge in [0.2, 0.25) is 0 Å². The second-order valence-corrected chi connectivity index (χ2v) is 5.91. The van der Waals surface area contributed by atoms with E-state index in [1.54, 1.807) is 0 Å². The molecule has 0 saturated carbocycles. The van der Waals surface area contributed by atoms with Gasteiger partial charge in [0.05, 0.1) is 0 Å². The van der Waals surface area contributed by atoms with Crippen molar-refractivity contribution in [2.45, 2.75) is 12.8 Å². The van der Waals surface area contributed by atoms with Crippen LogP contribution in [-0.2, 0) is 0 Å². The molecule has 2 heteroatoms. The van der Waals surface area contributed by atoms with E-state index in [2.05, 4.69) is 64.5 Å². The molecule has 0 aliphatic heterocycles. The van der Waals surface area contributed by atoms with E-state index >= 15 is 0 Å². The minimum Gasteiger partial charge on any atom is -0.456 e. The van der Waals surface area contributed by atoms with Crippen LogP contribution in [0.4, 0.5) is 0 Å². The minimum absolute atomic E-state index is 0.970. The predicted octanol–water partition coefficient (Wildman–Crippen LogP) is 4.22. The molecule has 4 rings (SSSR count). The fourth-order valence-corrected chi connectivity index (χ4v) is 3.32. The first-order valence-electron chi connectivity index (χ1n) is 6.81. The average molecular weight is 325 g/mol. The van der Waals surface area contributed by atoms with Crippen molar-refractivity contribution in [3.63, 3.8) is 0 Å². The lowest BCUT2D eigenvalue weighted by molar-refractivity contribution is 0.572. The molecule has 98 valence electrons. The third-order valence-electron chi connectivity index (χ3n) is 3.79. The number of hydrogen-bond acceptors (Lipinski definition) is 1. The van der Waals surface area contributed by atoms with E-state index in [9.17, 15) is 0 Å². The molecule has 1 aliphatic carbocycles. The van der Waals surface area contributed by atoms with Crippen LogP contribution in [0.5, 0.6) is 0 Å². The fourth-order valence-electron chi connectivity index (χ4n) is 2.80. The first kappa shape index (κ1) is 12.0. The van der Waals surface area contributed by atoms with Crippen LogP contribution in [0.25, 0.3) is 34.2 Å². The van der Waals surface area contributed by atoms with Crippen molar-refractivity contribution in [2.24, 2.45) is 0 Å². The molecule has 0 unspecified atom stereocenters. The number of benzene rings is 2. The van der Waals surface area contributed by atoms with Crippen LogP contribution >= 0.6 is 15.9 Å². The van der Waals surface area contributed by atoms with E-state index < -0.39 is 0 Å². The van der Waals surface area contributed by atoms with Gasteiger partial charge in [-0.15, -0.1) is 0 Å². The Labute approximate surface area is 125 Å². The zero-order chi connectivity index (χ0) is 13.5. The summed E-state index contributed by atoms with van der Waals surface area (Å²) in [5, 5.41) is 2.47. The summed E-state index contributed by atoms with van der Waals surface area (Å²) in [6, 6.07) is 14.7. The molecule has 1 nitrogen and oxygen atoms in total. The lowest BCUT2D eigenvalue weighted by Gasteiger charge is -2.04. The van der Waals surface area contributed by atoms with Crippen molar-refractivity contribution in [2.75, 3.05) is 0 Å². The molecule has 0 N–H and O–H groups in total. The van der Waals surface area contributed by atoms with Crippen LogP contribution in [0.2, 0.25) is 0 Å². The molecule has 1 aromatic heterocycles. The maximum Gasteiger partial charge on any atom is 0.136 e. The van der Waals surface area contributed by atoms with Gasteiger partial charge in [0.1, 0.15) is 11.0 Å². The monoisotopic (exact) mass is 324 g/mol. The number of hydrogen-bond donors (Lipinski definition) is 0. The van der Waals surface area contributed by atoms with Crippen LogP contribution in [0.3, 0.4) is 0 Å². The molecule has 0 atom stereocenters. The molecule has 0 bridgehead atoms. The fraction of sp³-hybridized carbons (Fsp3) is 0.111. The van der Waals surface area contributed by atoms with Gasteiger partial charge in [-0.3, -0.25) is 0 Å². The molecule has 0 fully saturated rings. The molecule has 3 aromatic rings. The zero-order valence-corrected chi connectivity index (χ0v) is 12.5. The van der Waals surface area contributed by atoms with Crippen molar-refractivity contribution in [1.82, 2.24) is 0 Å². The Bertz CT molecular complexity index is 918. The van der Waals surface area contributed by atoms with Gasteiger partial charge in [0, 0.05) is 15.1 Å². The van der Waals surface area contributed by atoms with Gasteiger partial charge in [-0.1, -0.05) is 46.3 Å². The number of rotatable bonds is 1. The Morgan fingerprint density at radius 1 is 0.950 bits per heavy atom. The Hall–Kier alpha value is -1.80. The smallest absolute Gasteiger partial charge is 0.136 e. The summed E-state index contributed by atoms with van der Waals surface area (Å²) in [5.74, 6) is 0. The van der Waals surface area contributed by atoms with Crippen molar-refractivity contribution < 1.29 is 4.42 Å². The van der Waals surface area contributed by atoms with Crippen LogP contribution < -0.4 is 10.6 Å². The molecule has 0 spiro atoms. The van der Waals surface area contributed by atoms with E-state index in [0.29, 0.717) is 0 Å².